The van der Waals surface area contributed by atoms with Gasteiger partial charge in [-0.15, -0.1) is 12.4 Å². The molecule has 1 fully saturated rings. The van der Waals surface area contributed by atoms with Crippen molar-refractivity contribution in [2.75, 3.05) is 6.54 Å². The lowest BCUT2D eigenvalue weighted by molar-refractivity contribution is -0.127. The zero-order chi connectivity index (χ0) is 15.5. The summed E-state index contributed by atoms with van der Waals surface area (Å²) >= 11 is 5.96. The van der Waals surface area contributed by atoms with Gasteiger partial charge in [0.05, 0.1) is 5.41 Å². The monoisotopic (exact) mass is 344 g/mol. The molecule has 0 aromatic heterocycles. The van der Waals surface area contributed by atoms with E-state index in [1.54, 1.807) is 0 Å². The van der Waals surface area contributed by atoms with E-state index in [4.69, 9.17) is 17.3 Å². The van der Waals surface area contributed by atoms with Crippen LogP contribution in [0.15, 0.2) is 24.3 Å². The van der Waals surface area contributed by atoms with Crippen molar-refractivity contribution in [2.45, 2.75) is 51.0 Å². The maximum Gasteiger partial charge on any atom is 0.230 e. The second kappa shape index (κ2) is 8.19. The molecule has 2 rings (SSSR count). The summed E-state index contributed by atoms with van der Waals surface area (Å²) in [6.07, 6.45) is 3.91. The van der Waals surface area contributed by atoms with E-state index < -0.39 is 5.41 Å². The number of amides is 1. The third-order valence-corrected chi connectivity index (χ3v) is 5.02. The van der Waals surface area contributed by atoms with Gasteiger partial charge in [0.15, 0.2) is 0 Å². The zero-order valence-electron chi connectivity index (χ0n) is 13.3. The molecular formula is C17H26Cl2N2O. The van der Waals surface area contributed by atoms with E-state index in [1.807, 2.05) is 24.3 Å². The number of carbonyl (C=O) groups is 1. The quantitative estimate of drug-likeness (QED) is 0.792. The van der Waals surface area contributed by atoms with Crippen molar-refractivity contribution < 1.29 is 4.79 Å². The van der Waals surface area contributed by atoms with Gasteiger partial charge in [0.2, 0.25) is 5.91 Å². The van der Waals surface area contributed by atoms with Gasteiger partial charge in [-0.1, -0.05) is 37.6 Å². The predicted octanol–water partition coefficient (Wildman–Crippen LogP) is 3.67. The molecule has 0 spiro atoms. The first-order chi connectivity index (χ1) is 10.0. The molecule has 1 unspecified atom stereocenters. The highest BCUT2D eigenvalue weighted by Gasteiger charge is 2.37. The summed E-state index contributed by atoms with van der Waals surface area (Å²) in [5, 5.41) is 3.75. The minimum Gasteiger partial charge on any atom is -0.354 e. The van der Waals surface area contributed by atoms with Gasteiger partial charge in [-0.2, -0.15) is 0 Å². The minimum atomic E-state index is -0.492. The predicted molar refractivity (Wildman–Crippen MR) is 94.7 cm³/mol. The molecule has 1 aromatic rings. The van der Waals surface area contributed by atoms with E-state index in [-0.39, 0.29) is 24.4 Å². The minimum absolute atomic E-state index is 0. The maximum absolute atomic E-state index is 12.8. The molecule has 0 bridgehead atoms. The Hall–Kier alpha value is -0.770. The summed E-state index contributed by atoms with van der Waals surface area (Å²) in [5.74, 6) is 0.671. The number of rotatable bonds is 7. The molecule has 1 saturated carbocycles. The van der Waals surface area contributed by atoms with Gasteiger partial charge in [0, 0.05) is 17.6 Å². The zero-order valence-corrected chi connectivity index (χ0v) is 14.8. The second-order valence-electron chi connectivity index (χ2n) is 6.01. The van der Waals surface area contributed by atoms with Crippen LogP contribution in [0.25, 0.3) is 0 Å². The van der Waals surface area contributed by atoms with Crippen LogP contribution in [0.3, 0.4) is 0 Å². The summed E-state index contributed by atoms with van der Waals surface area (Å²) in [5.41, 5.74) is 6.61. The van der Waals surface area contributed by atoms with Gasteiger partial charge in [-0.25, -0.2) is 0 Å². The number of hydrogen-bond acceptors (Lipinski definition) is 2. The average molecular weight is 345 g/mol. The molecule has 1 aromatic carbocycles. The first kappa shape index (κ1) is 19.3. The molecule has 3 nitrogen and oxygen atoms in total. The summed E-state index contributed by atoms with van der Waals surface area (Å²) in [4.78, 5) is 12.8. The Labute approximate surface area is 144 Å². The molecule has 0 aliphatic heterocycles. The summed E-state index contributed by atoms with van der Waals surface area (Å²) < 4.78 is 0. The molecule has 1 aliphatic rings. The van der Waals surface area contributed by atoms with Crippen molar-refractivity contribution in [3.8, 4) is 0 Å². The molecule has 124 valence electrons. The van der Waals surface area contributed by atoms with Crippen LogP contribution in [0.5, 0.6) is 0 Å². The van der Waals surface area contributed by atoms with Crippen LogP contribution in [0.4, 0.5) is 0 Å². The van der Waals surface area contributed by atoms with Gasteiger partial charge in [0.1, 0.15) is 0 Å². The van der Waals surface area contributed by atoms with Crippen molar-refractivity contribution in [3.05, 3.63) is 34.9 Å². The normalized spacial score (nSPS) is 15.8. The molecular weight excluding hydrogens is 319 g/mol. The third kappa shape index (κ3) is 4.15. The third-order valence-electron chi connectivity index (χ3n) is 4.76. The lowest BCUT2D eigenvalue weighted by Gasteiger charge is -2.31. The van der Waals surface area contributed by atoms with Crippen LogP contribution in [-0.4, -0.2) is 18.5 Å². The Morgan fingerprint density at radius 1 is 1.32 bits per heavy atom. The molecule has 1 amide bonds. The number of nitrogens with one attached hydrogen (secondary N) is 1. The van der Waals surface area contributed by atoms with Crippen LogP contribution >= 0.6 is 24.0 Å². The van der Waals surface area contributed by atoms with E-state index in [0.717, 1.165) is 18.4 Å². The second-order valence-corrected chi connectivity index (χ2v) is 6.44. The van der Waals surface area contributed by atoms with E-state index in [9.17, 15) is 4.79 Å². The fourth-order valence-corrected chi connectivity index (χ4v) is 3.08. The first-order valence-electron chi connectivity index (χ1n) is 7.83. The van der Waals surface area contributed by atoms with E-state index in [1.165, 1.54) is 12.8 Å². The summed E-state index contributed by atoms with van der Waals surface area (Å²) in [6.45, 7) is 4.68. The fraction of sp³-hybridized carbons (Fsp3) is 0.588. The first-order valence-corrected chi connectivity index (χ1v) is 8.21. The SMILES string of the molecule is CCC(CC)(C(=O)NCC(N)C1CC1)c1ccc(Cl)cc1.Cl. The molecule has 22 heavy (non-hydrogen) atoms. The summed E-state index contributed by atoms with van der Waals surface area (Å²) in [6, 6.07) is 7.69. The topological polar surface area (TPSA) is 55.1 Å². The van der Waals surface area contributed by atoms with E-state index in [0.29, 0.717) is 17.5 Å². The number of nitrogens with two attached hydrogens (primary N) is 1. The Morgan fingerprint density at radius 2 is 1.86 bits per heavy atom. The van der Waals surface area contributed by atoms with Crippen LogP contribution in [-0.2, 0) is 10.2 Å². The maximum atomic E-state index is 12.8. The van der Waals surface area contributed by atoms with Crippen LogP contribution in [0.1, 0.15) is 45.1 Å². The van der Waals surface area contributed by atoms with Crippen LogP contribution < -0.4 is 11.1 Å². The molecule has 1 atom stereocenters. The highest BCUT2D eigenvalue weighted by Crippen LogP contribution is 2.34. The van der Waals surface area contributed by atoms with Crippen LogP contribution in [0, 0.1) is 5.92 Å². The Bertz CT molecular complexity index is 482. The number of hydrogen-bond donors (Lipinski definition) is 2. The average Bonchev–Trinajstić information content (AvgIpc) is 3.33. The highest BCUT2D eigenvalue weighted by molar-refractivity contribution is 6.30. The number of halogens is 2. The smallest absolute Gasteiger partial charge is 0.230 e. The lowest BCUT2D eigenvalue weighted by Crippen LogP contribution is -2.48. The molecule has 0 heterocycles. The van der Waals surface area contributed by atoms with Gasteiger partial charge >= 0.3 is 0 Å². The summed E-state index contributed by atoms with van der Waals surface area (Å²) in [7, 11) is 0. The van der Waals surface area contributed by atoms with Gasteiger partial charge < -0.3 is 11.1 Å². The van der Waals surface area contributed by atoms with Crippen molar-refractivity contribution in [1.82, 2.24) is 5.32 Å². The Kier molecular flexibility index (Phi) is 7.17. The van der Waals surface area contributed by atoms with Crippen molar-refractivity contribution in [3.63, 3.8) is 0 Å². The van der Waals surface area contributed by atoms with Crippen molar-refractivity contribution >= 4 is 29.9 Å². The molecule has 5 heteroatoms. The van der Waals surface area contributed by atoms with Crippen molar-refractivity contribution in [2.24, 2.45) is 11.7 Å². The lowest BCUT2D eigenvalue weighted by atomic mass is 9.75. The van der Waals surface area contributed by atoms with Gasteiger partial charge in [-0.3, -0.25) is 4.79 Å². The molecule has 1 aliphatic carbocycles. The largest absolute Gasteiger partial charge is 0.354 e. The van der Waals surface area contributed by atoms with Gasteiger partial charge in [-0.05, 0) is 49.3 Å². The Morgan fingerprint density at radius 3 is 2.32 bits per heavy atom. The molecule has 0 radical (unpaired) electrons. The van der Waals surface area contributed by atoms with Crippen LogP contribution in [0.2, 0.25) is 5.02 Å². The number of benzene rings is 1. The van der Waals surface area contributed by atoms with Crippen molar-refractivity contribution in [1.29, 1.82) is 0 Å². The fourth-order valence-electron chi connectivity index (χ4n) is 2.95. The van der Waals surface area contributed by atoms with E-state index >= 15 is 0 Å². The Balaban J connectivity index is 0.00000242. The molecule has 3 N–H and O–H groups in total. The standard InChI is InChI=1S/C17H25ClN2O.ClH/c1-3-17(4-2,13-7-9-14(18)10-8-13)16(21)20-11-15(19)12-5-6-12;/h7-10,12,15H,3-6,11,19H2,1-2H3,(H,20,21);1H. The highest BCUT2D eigenvalue weighted by atomic mass is 35.5. The molecule has 0 saturated heterocycles. The van der Waals surface area contributed by atoms with E-state index in [2.05, 4.69) is 19.2 Å². The number of carbonyl (C=O) groups excluding carboxylic acids is 1. The van der Waals surface area contributed by atoms with Gasteiger partial charge in [0.25, 0.3) is 0 Å².